The van der Waals surface area contributed by atoms with Crippen LogP contribution in [-0.4, -0.2) is 32.0 Å². The smallest absolute Gasteiger partial charge is 0.255 e. The third-order valence-corrected chi connectivity index (χ3v) is 5.92. The number of nitrogens with zero attached hydrogens (tertiary/aromatic N) is 4. The number of hydrogen-bond donors (Lipinski definition) is 1. The van der Waals surface area contributed by atoms with Gasteiger partial charge in [-0.15, -0.1) is 0 Å². The van der Waals surface area contributed by atoms with Crippen LogP contribution in [0.15, 0.2) is 104 Å². The Morgan fingerprint density at radius 3 is 2.31 bits per heavy atom. The molecule has 0 atom stereocenters. The summed E-state index contributed by atoms with van der Waals surface area (Å²) >= 11 is 6.07. The lowest BCUT2D eigenvalue weighted by Gasteiger charge is -2.05. The van der Waals surface area contributed by atoms with Gasteiger partial charge >= 0.3 is 0 Å². The number of benzene rings is 3. The second-order valence-electron chi connectivity index (χ2n) is 8.22. The van der Waals surface area contributed by atoms with E-state index in [0.717, 1.165) is 22.4 Å². The van der Waals surface area contributed by atoms with Crippen LogP contribution in [0.4, 0.5) is 0 Å². The van der Waals surface area contributed by atoms with Gasteiger partial charge in [-0.05, 0) is 41.8 Å². The molecule has 0 unspecified atom stereocenters. The van der Waals surface area contributed by atoms with E-state index < -0.39 is 0 Å². The third-order valence-electron chi connectivity index (χ3n) is 5.67. The van der Waals surface area contributed by atoms with E-state index in [1.54, 1.807) is 23.0 Å². The first kappa shape index (κ1) is 22.6. The molecule has 1 amide bonds. The maximum atomic E-state index is 13.2. The van der Waals surface area contributed by atoms with E-state index in [-0.39, 0.29) is 5.91 Å². The van der Waals surface area contributed by atoms with Crippen LogP contribution in [0, 0.1) is 0 Å². The molecular formula is C28H24ClN5O. The number of amides is 1. The molecule has 174 valence electrons. The van der Waals surface area contributed by atoms with Gasteiger partial charge in [0.1, 0.15) is 5.69 Å². The SMILES string of the molecule is O=C(NCCc1cnn(-c2ccccc2)c1)c1cn(Cc2ccccc2)nc1-c1ccc(Cl)cc1. The van der Waals surface area contributed by atoms with Gasteiger partial charge in [0.2, 0.25) is 0 Å². The first-order valence-corrected chi connectivity index (χ1v) is 11.8. The number of carbonyl (C=O) groups is 1. The fourth-order valence-electron chi connectivity index (χ4n) is 3.89. The van der Waals surface area contributed by atoms with Gasteiger partial charge in [-0.2, -0.15) is 10.2 Å². The molecule has 0 aliphatic heterocycles. The number of para-hydroxylation sites is 1. The van der Waals surface area contributed by atoms with E-state index in [9.17, 15) is 4.79 Å². The first-order valence-electron chi connectivity index (χ1n) is 11.4. The van der Waals surface area contributed by atoms with Crippen LogP contribution in [0.25, 0.3) is 16.9 Å². The highest BCUT2D eigenvalue weighted by molar-refractivity contribution is 6.30. The molecule has 0 aliphatic carbocycles. The zero-order valence-corrected chi connectivity index (χ0v) is 19.8. The molecular weight excluding hydrogens is 458 g/mol. The predicted molar refractivity (Wildman–Crippen MR) is 138 cm³/mol. The largest absolute Gasteiger partial charge is 0.352 e. The Morgan fingerprint density at radius 1 is 0.857 bits per heavy atom. The molecule has 6 nitrogen and oxygen atoms in total. The lowest BCUT2D eigenvalue weighted by Crippen LogP contribution is -2.25. The number of hydrogen-bond acceptors (Lipinski definition) is 3. The van der Waals surface area contributed by atoms with Gasteiger partial charge in [0.15, 0.2) is 0 Å². The fraction of sp³-hybridized carbons (Fsp3) is 0.107. The minimum absolute atomic E-state index is 0.162. The molecule has 2 heterocycles. The van der Waals surface area contributed by atoms with Gasteiger partial charge in [0.25, 0.3) is 5.91 Å². The van der Waals surface area contributed by atoms with Crippen LogP contribution in [0.3, 0.4) is 0 Å². The van der Waals surface area contributed by atoms with Gasteiger partial charge in [0, 0.05) is 29.5 Å². The van der Waals surface area contributed by atoms with Crippen molar-refractivity contribution in [1.29, 1.82) is 0 Å². The number of nitrogens with one attached hydrogen (secondary N) is 1. The second kappa shape index (κ2) is 10.4. The van der Waals surface area contributed by atoms with Gasteiger partial charge in [0.05, 0.1) is 24.0 Å². The van der Waals surface area contributed by atoms with Crippen molar-refractivity contribution in [2.75, 3.05) is 6.54 Å². The van der Waals surface area contributed by atoms with Crippen molar-refractivity contribution in [1.82, 2.24) is 24.9 Å². The molecule has 0 saturated heterocycles. The maximum Gasteiger partial charge on any atom is 0.255 e. The highest BCUT2D eigenvalue weighted by Gasteiger charge is 2.18. The Hall–Kier alpha value is -4.16. The van der Waals surface area contributed by atoms with E-state index in [1.807, 2.05) is 89.9 Å². The minimum atomic E-state index is -0.162. The van der Waals surface area contributed by atoms with Crippen molar-refractivity contribution in [3.63, 3.8) is 0 Å². The van der Waals surface area contributed by atoms with Crippen molar-refractivity contribution < 1.29 is 4.79 Å². The lowest BCUT2D eigenvalue weighted by atomic mass is 10.1. The summed E-state index contributed by atoms with van der Waals surface area (Å²) in [6.07, 6.45) is 6.29. The van der Waals surface area contributed by atoms with E-state index in [2.05, 4.69) is 10.4 Å². The van der Waals surface area contributed by atoms with E-state index >= 15 is 0 Å². The monoisotopic (exact) mass is 481 g/mol. The van der Waals surface area contributed by atoms with Crippen molar-refractivity contribution in [2.24, 2.45) is 0 Å². The molecule has 0 fully saturated rings. The van der Waals surface area contributed by atoms with Crippen LogP contribution >= 0.6 is 11.6 Å². The summed E-state index contributed by atoms with van der Waals surface area (Å²) in [5.74, 6) is -0.162. The van der Waals surface area contributed by atoms with E-state index in [0.29, 0.717) is 35.8 Å². The molecule has 7 heteroatoms. The zero-order chi connectivity index (χ0) is 24.0. The molecule has 0 bridgehead atoms. The van der Waals surface area contributed by atoms with Gasteiger partial charge in [-0.1, -0.05) is 72.3 Å². The second-order valence-corrected chi connectivity index (χ2v) is 8.65. The quantitative estimate of drug-likeness (QED) is 0.322. The van der Waals surface area contributed by atoms with Gasteiger partial charge in [-0.3, -0.25) is 9.48 Å². The van der Waals surface area contributed by atoms with Crippen molar-refractivity contribution in [3.05, 3.63) is 125 Å². The predicted octanol–water partition coefficient (Wildman–Crippen LogP) is 5.41. The summed E-state index contributed by atoms with van der Waals surface area (Å²) < 4.78 is 3.64. The van der Waals surface area contributed by atoms with E-state index in [1.165, 1.54) is 0 Å². The summed E-state index contributed by atoms with van der Waals surface area (Å²) in [6, 6.07) is 27.4. The fourth-order valence-corrected chi connectivity index (χ4v) is 4.01. The molecule has 5 aromatic rings. The summed E-state index contributed by atoms with van der Waals surface area (Å²) in [4.78, 5) is 13.2. The summed E-state index contributed by atoms with van der Waals surface area (Å²) in [7, 11) is 0. The third kappa shape index (κ3) is 5.50. The molecule has 0 spiro atoms. The normalized spacial score (nSPS) is 10.9. The molecule has 2 aromatic heterocycles. The zero-order valence-electron chi connectivity index (χ0n) is 19.0. The average molecular weight is 482 g/mol. The Bertz CT molecular complexity index is 1410. The molecule has 35 heavy (non-hydrogen) atoms. The summed E-state index contributed by atoms with van der Waals surface area (Å²) in [5, 5.41) is 12.8. The molecule has 5 rings (SSSR count). The van der Waals surface area contributed by atoms with E-state index in [4.69, 9.17) is 16.7 Å². The van der Waals surface area contributed by atoms with Crippen LogP contribution in [-0.2, 0) is 13.0 Å². The van der Waals surface area contributed by atoms with Crippen LogP contribution in [0.5, 0.6) is 0 Å². The standard InChI is InChI=1S/C28H24ClN5O/c29-24-13-11-23(12-14-24)27-26(20-33(32-27)18-21-7-3-1-4-8-21)28(35)30-16-15-22-17-31-34(19-22)25-9-5-2-6-10-25/h1-14,17,19-20H,15-16,18H2,(H,30,35). The molecule has 1 N–H and O–H groups in total. The number of rotatable bonds is 8. The summed E-state index contributed by atoms with van der Waals surface area (Å²) in [6.45, 7) is 1.07. The molecule has 3 aromatic carbocycles. The number of halogens is 1. The maximum absolute atomic E-state index is 13.2. The number of carbonyl (C=O) groups excluding carboxylic acids is 1. The van der Waals surface area contributed by atoms with Crippen LogP contribution in [0.1, 0.15) is 21.5 Å². The Balaban J connectivity index is 1.30. The molecule has 0 radical (unpaired) electrons. The topological polar surface area (TPSA) is 64.7 Å². The molecule has 0 aliphatic rings. The summed E-state index contributed by atoms with van der Waals surface area (Å²) in [5.41, 5.74) is 5.17. The Morgan fingerprint density at radius 2 is 1.57 bits per heavy atom. The highest BCUT2D eigenvalue weighted by atomic mass is 35.5. The Kier molecular flexibility index (Phi) is 6.73. The van der Waals surface area contributed by atoms with Crippen molar-refractivity contribution in [2.45, 2.75) is 13.0 Å². The Labute approximate surface area is 208 Å². The van der Waals surface area contributed by atoms with Crippen molar-refractivity contribution in [3.8, 4) is 16.9 Å². The van der Waals surface area contributed by atoms with Crippen LogP contribution in [0.2, 0.25) is 5.02 Å². The first-order chi connectivity index (χ1) is 17.2. The molecule has 0 saturated carbocycles. The van der Waals surface area contributed by atoms with Gasteiger partial charge in [-0.25, -0.2) is 4.68 Å². The minimum Gasteiger partial charge on any atom is -0.352 e. The van der Waals surface area contributed by atoms with Crippen molar-refractivity contribution >= 4 is 17.5 Å². The lowest BCUT2D eigenvalue weighted by molar-refractivity contribution is 0.0954. The highest BCUT2D eigenvalue weighted by Crippen LogP contribution is 2.24. The number of aromatic nitrogens is 4. The average Bonchev–Trinajstić information content (AvgIpc) is 3.53. The van der Waals surface area contributed by atoms with Gasteiger partial charge < -0.3 is 5.32 Å². The van der Waals surface area contributed by atoms with Crippen LogP contribution < -0.4 is 5.32 Å².